The molecule has 0 radical (unpaired) electrons. The van der Waals surface area contributed by atoms with Gasteiger partial charge in [-0.3, -0.25) is 4.79 Å². The third-order valence-corrected chi connectivity index (χ3v) is 4.37. The number of hydrogen-bond acceptors (Lipinski definition) is 3. The monoisotopic (exact) mass is 283 g/mol. The van der Waals surface area contributed by atoms with Crippen molar-refractivity contribution in [1.82, 2.24) is 15.5 Å². The van der Waals surface area contributed by atoms with E-state index >= 15 is 0 Å². The highest BCUT2D eigenvalue weighted by Crippen LogP contribution is 2.21. The number of nitrogens with one attached hydrogen (secondary N) is 2. The molecule has 4 nitrogen and oxygen atoms in total. The molecule has 1 fully saturated rings. The van der Waals surface area contributed by atoms with Crippen molar-refractivity contribution in [2.45, 2.75) is 77.4 Å². The molecule has 0 spiro atoms. The fourth-order valence-electron chi connectivity index (χ4n) is 2.95. The Balaban J connectivity index is 2.15. The molecule has 1 aliphatic carbocycles. The van der Waals surface area contributed by atoms with Gasteiger partial charge in [-0.25, -0.2) is 0 Å². The first-order chi connectivity index (χ1) is 9.54. The molecular weight excluding hydrogens is 250 g/mol. The minimum Gasteiger partial charge on any atom is -0.352 e. The second-order valence-corrected chi connectivity index (χ2v) is 6.29. The number of carbonyl (C=O) groups excluding carboxylic acids is 1. The van der Waals surface area contributed by atoms with E-state index in [-0.39, 0.29) is 18.0 Å². The molecule has 1 rings (SSSR count). The molecule has 4 heteroatoms. The van der Waals surface area contributed by atoms with E-state index in [4.69, 9.17) is 0 Å². The third-order valence-electron chi connectivity index (χ3n) is 4.37. The fraction of sp³-hybridized carbons (Fsp3) is 0.938. The summed E-state index contributed by atoms with van der Waals surface area (Å²) >= 11 is 0. The Morgan fingerprint density at radius 1 is 1.30 bits per heavy atom. The van der Waals surface area contributed by atoms with Crippen molar-refractivity contribution in [3.05, 3.63) is 0 Å². The molecule has 0 aromatic carbocycles. The maximum Gasteiger partial charge on any atom is 0.237 e. The number of amides is 1. The average Bonchev–Trinajstić information content (AvgIpc) is 2.92. The lowest BCUT2D eigenvalue weighted by Gasteiger charge is -2.25. The highest BCUT2D eigenvalue weighted by molar-refractivity contribution is 5.81. The summed E-state index contributed by atoms with van der Waals surface area (Å²) in [5.74, 6) is 0.120. The summed E-state index contributed by atoms with van der Waals surface area (Å²) in [5.41, 5.74) is 0. The van der Waals surface area contributed by atoms with E-state index in [1.54, 1.807) is 0 Å². The standard InChI is InChI=1S/C16H33N3O/c1-5-8-13(2)18-16(20)14(3)17-11-12-19(4)15-9-6-7-10-15/h13-15,17H,5-12H2,1-4H3,(H,18,20). The molecule has 2 unspecified atom stereocenters. The van der Waals surface area contributed by atoms with Gasteiger partial charge in [-0.15, -0.1) is 0 Å². The SMILES string of the molecule is CCCC(C)NC(=O)C(C)NCCN(C)C1CCCC1. The van der Waals surface area contributed by atoms with Crippen molar-refractivity contribution in [3.8, 4) is 0 Å². The number of hydrogen-bond donors (Lipinski definition) is 2. The molecule has 1 aliphatic rings. The van der Waals surface area contributed by atoms with E-state index < -0.39 is 0 Å². The smallest absolute Gasteiger partial charge is 0.237 e. The average molecular weight is 283 g/mol. The summed E-state index contributed by atoms with van der Waals surface area (Å²) < 4.78 is 0. The van der Waals surface area contributed by atoms with Crippen LogP contribution in [0.4, 0.5) is 0 Å². The Hall–Kier alpha value is -0.610. The summed E-state index contributed by atoms with van der Waals surface area (Å²) in [7, 11) is 2.20. The lowest BCUT2D eigenvalue weighted by Crippen LogP contribution is -2.47. The summed E-state index contributed by atoms with van der Waals surface area (Å²) in [5, 5.41) is 6.39. The number of likely N-dealkylation sites (N-methyl/N-ethyl adjacent to an activating group) is 1. The molecule has 118 valence electrons. The zero-order valence-corrected chi connectivity index (χ0v) is 13.7. The first-order valence-electron chi connectivity index (χ1n) is 8.28. The van der Waals surface area contributed by atoms with Gasteiger partial charge in [-0.2, -0.15) is 0 Å². The molecule has 2 atom stereocenters. The molecule has 0 aliphatic heterocycles. The van der Waals surface area contributed by atoms with Crippen molar-refractivity contribution in [2.24, 2.45) is 0 Å². The first-order valence-corrected chi connectivity index (χ1v) is 8.28. The number of carbonyl (C=O) groups is 1. The van der Waals surface area contributed by atoms with Crippen LogP contribution < -0.4 is 10.6 Å². The molecular formula is C16H33N3O. The number of rotatable bonds is 9. The van der Waals surface area contributed by atoms with Gasteiger partial charge in [0.15, 0.2) is 0 Å². The van der Waals surface area contributed by atoms with Crippen LogP contribution in [0.3, 0.4) is 0 Å². The van der Waals surface area contributed by atoms with Gasteiger partial charge in [0.25, 0.3) is 0 Å². The Bertz CT molecular complexity index is 277. The predicted molar refractivity (Wildman–Crippen MR) is 84.9 cm³/mol. The Morgan fingerprint density at radius 2 is 1.95 bits per heavy atom. The van der Waals surface area contributed by atoms with E-state index in [9.17, 15) is 4.79 Å². The van der Waals surface area contributed by atoms with Crippen LogP contribution in [0.5, 0.6) is 0 Å². The topological polar surface area (TPSA) is 44.4 Å². The van der Waals surface area contributed by atoms with Gasteiger partial charge >= 0.3 is 0 Å². The van der Waals surface area contributed by atoms with Gasteiger partial charge in [0.1, 0.15) is 0 Å². The lowest BCUT2D eigenvalue weighted by molar-refractivity contribution is -0.123. The summed E-state index contributed by atoms with van der Waals surface area (Å²) in [4.78, 5) is 14.4. The van der Waals surface area contributed by atoms with Crippen LogP contribution >= 0.6 is 0 Å². The van der Waals surface area contributed by atoms with Crippen molar-refractivity contribution in [1.29, 1.82) is 0 Å². The van der Waals surface area contributed by atoms with E-state index in [0.29, 0.717) is 0 Å². The molecule has 0 aromatic heterocycles. The largest absolute Gasteiger partial charge is 0.352 e. The molecule has 2 N–H and O–H groups in total. The van der Waals surface area contributed by atoms with Crippen LogP contribution in [0.15, 0.2) is 0 Å². The highest BCUT2D eigenvalue weighted by atomic mass is 16.2. The van der Waals surface area contributed by atoms with E-state index in [0.717, 1.165) is 32.0 Å². The second-order valence-electron chi connectivity index (χ2n) is 6.29. The summed E-state index contributed by atoms with van der Waals surface area (Å²) in [6.07, 6.45) is 7.56. The van der Waals surface area contributed by atoms with Gasteiger partial charge in [-0.05, 0) is 40.2 Å². The lowest BCUT2D eigenvalue weighted by atomic mass is 10.2. The molecule has 0 bridgehead atoms. The fourth-order valence-corrected chi connectivity index (χ4v) is 2.95. The zero-order valence-electron chi connectivity index (χ0n) is 13.7. The first kappa shape index (κ1) is 17.4. The quantitative estimate of drug-likeness (QED) is 0.681. The van der Waals surface area contributed by atoms with E-state index in [1.807, 2.05) is 6.92 Å². The Labute approximate surface area is 124 Å². The molecule has 1 saturated carbocycles. The maximum absolute atomic E-state index is 12.0. The minimum atomic E-state index is -0.105. The van der Waals surface area contributed by atoms with Gasteiger partial charge in [0.2, 0.25) is 5.91 Å². The van der Waals surface area contributed by atoms with E-state index in [2.05, 4.69) is 36.4 Å². The van der Waals surface area contributed by atoms with E-state index in [1.165, 1.54) is 25.7 Å². The van der Waals surface area contributed by atoms with Crippen molar-refractivity contribution >= 4 is 5.91 Å². The number of nitrogens with zero attached hydrogens (tertiary/aromatic N) is 1. The van der Waals surface area contributed by atoms with Crippen molar-refractivity contribution in [3.63, 3.8) is 0 Å². The second kappa shape index (κ2) is 9.35. The summed E-state index contributed by atoms with van der Waals surface area (Å²) in [6, 6.07) is 0.926. The normalized spacial score (nSPS) is 19.2. The highest BCUT2D eigenvalue weighted by Gasteiger charge is 2.19. The van der Waals surface area contributed by atoms with Gasteiger partial charge in [0, 0.05) is 25.2 Å². The van der Waals surface area contributed by atoms with Crippen LogP contribution in [-0.4, -0.2) is 49.1 Å². The maximum atomic E-state index is 12.0. The van der Waals surface area contributed by atoms with Crippen LogP contribution in [0, 0.1) is 0 Å². The zero-order chi connectivity index (χ0) is 15.0. The van der Waals surface area contributed by atoms with Crippen LogP contribution in [-0.2, 0) is 4.79 Å². The van der Waals surface area contributed by atoms with Gasteiger partial charge in [-0.1, -0.05) is 26.2 Å². The van der Waals surface area contributed by atoms with Gasteiger partial charge < -0.3 is 15.5 Å². The Kier molecular flexibility index (Phi) is 8.15. The van der Waals surface area contributed by atoms with Crippen LogP contribution in [0.1, 0.15) is 59.3 Å². The molecule has 0 heterocycles. The summed E-state index contributed by atoms with van der Waals surface area (Å²) in [6.45, 7) is 8.06. The third kappa shape index (κ3) is 6.23. The minimum absolute atomic E-state index is 0.105. The van der Waals surface area contributed by atoms with Crippen molar-refractivity contribution in [2.75, 3.05) is 20.1 Å². The molecule has 20 heavy (non-hydrogen) atoms. The van der Waals surface area contributed by atoms with Crippen LogP contribution in [0.25, 0.3) is 0 Å². The van der Waals surface area contributed by atoms with Gasteiger partial charge in [0.05, 0.1) is 6.04 Å². The van der Waals surface area contributed by atoms with Crippen LogP contribution in [0.2, 0.25) is 0 Å². The predicted octanol–water partition coefficient (Wildman–Crippen LogP) is 2.14. The van der Waals surface area contributed by atoms with Crippen molar-refractivity contribution < 1.29 is 4.79 Å². The Morgan fingerprint density at radius 3 is 2.55 bits per heavy atom. The molecule has 0 aromatic rings. The molecule has 1 amide bonds. The molecule has 0 saturated heterocycles.